The van der Waals surface area contributed by atoms with Crippen LogP contribution in [0.2, 0.25) is 0 Å². The molecule has 0 bridgehead atoms. The Morgan fingerprint density at radius 2 is 2.15 bits per heavy atom. The van der Waals surface area contributed by atoms with Gasteiger partial charge in [-0.25, -0.2) is 9.87 Å². The molecule has 3 aliphatic heterocycles. The molecule has 4 rings (SSSR count). The zero-order valence-corrected chi connectivity index (χ0v) is 15.3. The number of hydroxylamine groups is 1. The van der Waals surface area contributed by atoms with Gasteiger partial charge in [0, 0.05) is 43.8 Å². The van der Waals surface area contributed by atoms with E-state index in [4.69, 9.17) is 9.94 Å². The number of fused-ring (bicyclic) bond motifs is 1. The zero-order chi connectivity index (χ0) is 19.2. The van der Waals surface area contributed by atoms with E-state index in [0.717, 1.165) is 24.9 Å². The third kappa shape index (κ3) is 3.33. The fourth-order valence-corrected chi connectivity index (χ4v) is 4.55. The van der Waals surface area contributed by atoms with E-state index < -0.39 is 11.7 Å². The van der Waals surface area contributed by atoms with Crippen LogP contribution in [0.3, 0.4) is 0 Å². The summed E-state index contributed by atoms with van der Waals surface area (Å²) in [6.07, 6.45) is 2.39. The molecule has 2 fully saturated rings. The summed E-state index contributed by atoms with van der Waals surface area (Å²) in [4.78, 5) is 27.1. The van der Waals surface area contributed by atoms with E-state index in [9.17, 15) is 14.0 Å². The highest BCUT2D eigenvalue weighted by atomic mass is 19.1. The number of nitrogens with one attached hydrogen (secondary N) is 1. The van der Waals surface area contributed by atoms with Gasteiger partial charge in [0.05, 0.1) is 13.1 Å². The lowest BCUT2D eigenvalue weighted by Crippen LogP contribution is -2.68. The van der Waals surface area contributed by atoms with Crippen molar-refractivity contribution in [2.24, 2.45) is 0 Å². The Balaban J connectivity index is 1.47. The quantitative estimate of drug-likeness (QED) is 0.596. The molecule has 1 aromatic rings. The van der Waals surface area contributed by atoms with Gasteiger partial charge in [0.2, 0.25) is 5.91 Å². The Bertz CT molecular complexity index is 778. The van der Waals surface area contributed by atoms with Crippen molar-refractivity contribution in [3.63, 3.8) is 0 Å². The van der Waals surface area contributed by atoms with E-state index in [-0.39, 0.29) is 17.1 Å². The third-order valence-electron chi connectivity index (χ3n) is 6.07. The Hall–Kier alpha value is -2.03. The van der Waals surface area contributed by atoms with Gasteiger partial charge in [-0.05, 0) is 37.0 Å². The lowest BCUT2D eigenvalue weighted by Gasteiger charge is -2.54. The van der Waals surface area contributed by atoms with E-state index in [0.29, 0.717) is 44.3 Å². The number of likely N-dealkylation sites (tertiary alicyclic amines) is 1. The van der Waals surface area contributed by atoms with E-state index in [2.05, 4.69) is 4.90 Å². The van der Waals surface area contributed by atoms with Crippen LogP contribution in [0.15, 0.2) is 12.1 Å². The second kappa shape index (κ2) is 6.85. The molecule has 0 aromatic heterocycles. The number of benzene rings is 1. The Labute approximate surface area is 157 Å². The average Bonchev–Trinajstić information content (AvgIpc) is 2.65. The van der Waals surface area contributed by atoms with Crippen LogP contribution < -0.4 is 5.48 Å². The van der Waals surface area contributed by atoms with Crippen molar-refractivity contribution in [2.75, 3.05) is 26.2 Å². The molecule has 0 saturated carbocycles. The molecule has 2 amide bonds. The van der Waals surface area contributed by atoms with Crippen LogP contribution in [0.25, 0.3) is 0 Å². The highest BCUT2D eigenvalue weighted by molar-refractivity contribution is 5.93. The predicted octanol–water partition coefficient (Wildman–Crippen LogP) is 1.08. The van der Waals surface area contributed by atoms with Crippen molar-refractivity contribution in [2.45, 2.75) is 44.4 Å². The normalized spacial score (nSPS) is 24.3. The first-order chi connectivity index (χ1) is 12.9. The average molecular weight is 377 g/mol. The van der Waals surface area contributed by atoms with Crippen LogP contribution in [0.4, 0.5) is 4.39 Å². The van der Waals surface area contributed by atoms with Crippen molar-refractivity contribution in [1.82, 2.24) is 15.3 Å². The van der Waals surface area contributed by atoms with Crippen LogP contribution in [0.1, 0.15) is 41.3 Å². The SMILES string of the molecule is CC(=O)N1CC2(C[C@@H](N3CCc4cc(C(=O)NO)cc(F)c4C3)CCO2)C1. The number of carbonyl (C=O) groups is 2. The largest absolute Gasteiger partial charge is 0.371 e. The van der Waals surface area contributed by atoms with Crippen molar-refractivity contribution in [1.29, 1.82) is 0 Å². The summed E-state index contributed by atoms with van der Waals surface area (Å²) >= 11 is 0. The van der Waals surface area contributed by atoms with Crippen molar-refractivity contribution >= 4 is 11.8 Å². The fraction of sp³-hybridized carbons (Fsp3) is 0.579. The highest BCUT2D eigenvalue weighted by Gasteiger charge is 2.49. The van der Waals surface area contributed by atoms with Crippen LogP contribution in [0.5, 0.6) is 0 Å². The number of hydrogen-bond acceptors (Lipinski definition) is 5. The Morgan fingerprint density at radius 1 is 1.37 bits per heavy atom. The molecule has 0 radical (unpaired) electrons. The lowest BCUT2D eigenvalue weighted by molar-refractivity contribution is -0.189. The maximum absolute atomic E-state index is 14.6. The summed E-state index contributed by atoms with van der Waals surface area (Å²) in [5, 5.41) is 8.76. The third-order valence-corrected chi connectivity index (χ3v) is 6.07. The van der Waals surface area contributed by atoms with Gasteiger partial charge in [0.15, 0.2) is 0 Å². The fourth-order valence-electron chi connectivity index (χ4n) is 4.55. The Morgan fingerprint density at radius 3 is 2.85 bits per heavy atom. The molecule has 3 aliphatic rings. The molecule has 0 unspecified atom stereocenters. The second-order valence-corrected chi connectivity index (χ2v) is 7.81. The minimum atomic E-state index is -0.703. The summed E-state index contributed by atoms with van der Waals surface area (Å²) in [6.45, 7) is 4.78. The topological polar surface area (TPSA) is 82.1 Å². The number of carbonyl (C=O) groups excluding carboxylic acids is 2. The molecule has 8 heteroatoms. The summed E-state index contributed by atoms with van der Waals surface area (Å²) in [6, 6.07) is 3.13. The maximum atomic E-state index is 14.6. The van der Waals surface area contributed by atoms with Crippen molar-refractivity contribution in [3.8, 4) is 0 Å². The van der Waals surface area contributed by atoms with Crippen LogP contribution in [0, 0.1) is 5.82 Å². The molecule has 1 aromatic carbocycles. The van der Waals surface area contributed by atoms with E-state index in [1.165, 1.54) is 6.07 Å². The minimum absolute atomic E-state index is 0.0723. The van der Waals surface area contributed by atoms with Gasteiger partial charge in [-0.15, -0.1) is 0 Å². The summed E-state index contributed by atoms with van der Waals surface area (Å²) in [5.74, 6) is -1.04. The van der Waals surface area contributed by atoms with Crippen LogP contribution in [-0.2, 0) is 22.5 Å². The van der Waals surface area contributed by atoms with E-state index >= 15 is 0 Å². The molecule has 1 atom stereocenters. The molecule has 7 nitrogen and oxygen atoms in total. The molecule has 146 valence electrons. The number of amides is 2. The van der Waals surface area contributed by atoms with Gasteiger partial charge in [0.1, 0.15) is 11.4 Å². The first-order valence-corrected chi connectivity index (χ1v) is 9.30. The minimum Gasteiger partial charge on any atom is -0.371 e. The van der Waals surface area contributed by atoms with Crippen molar-refractivity contribution in [3.05, 3.63) is 34.6 Å². The summed E-state index contributed by atoms with van der Waals surface area (Å²) in [7, 11) is 0. The smallest absolute Gasteiger partial charge is 0.274 e. The summed E-state index contributed by atoms with van der Waals surface area (Å²) in [5.41, 5.74) is 2.87. The number of rotatable bonds is 2. The molecule has 27 heavy (non-hydrogen) atoms. The van der Waals surface area contributed by atoms with Gasteiger partial charge in [-0.1, -0.05) is 0 Å². The second-order valence-electron chi connectivity index (χ2n) is 7.81. The number of nitrogens with zero attached hydrogens (tertiary/aromatic N) is 2. The predicted molar refractivity (Wildman–Crippen MR) is 93.7 cm³/mol. The maximum Gasteiger partial charge on any atom is 0.274 e. The van der Waals surface area contributed by atoms with Gasteiger partial charge in [-0.3, -0.25) is 19.7 Å². The van der Waals surface area contributed by atoms with Gasteiger partial charge >= 0.3 is 0 Å². The first-order valence-electron chi connectivity index (χ1n) is 9.30. The van der Waals surface area contributed by atoms with Crippen molar-refractivity contribution < 1.29 is 23.9 Å². The Kier molecular flexibility index (Phi) is 4.65. The van der Waals surface area contributed by atoms with Gasteiger partial charge in [0.25, 0.3) is 5.91 Å². The number of ether oxygens (including phenoxy) is 1. The van der Waals surface area contributed by atoms with Crippen LogP contribution >= 0.6 is 0 Å². The zero-order valence-electron chi connectivity index (χ0n) is 15.3. The first kappa shape index (κ1) is 18.3. The molecule has 2 saturated heterocycles. The molecule has 2 N–H and O–H groups in total. The van der Waals surface area contributed by atoms with Crippen LogP contribution in [-0.4, -0.2) is 64.7 Å². The molecule has 3 heterocycles. The van der Waals surface area contributed by atoms with E-state index in [1.807, 2.05) is 0 Å². The van der Waals surface area contributed by atoms with E-state index in [1.54, 1.807) is 23.4 Å². The molecular formula is C19H24FN3O4. The standard InChI is InChI=1S/C19H24FN3O4/c1-12(24)23-10-19(11-23)8-15(3-5-27-19)22-4-2-13-6-14(18(25)21-26)7-17(20)16(13)9-22/h6-7,15,26H,2-5,8-11H2,1H3,(H,21,25)/t15-/m0/s1. The van der Waals surface area contributed by atoms with Gasteiger partial charge in [-0.2, -0.15) is 0 Å². The lowest BCUT2D eigenvalue weighted by atomic mass is 9.82. The molecule has 1 spiro atoms. The number of halogens is 1. The highest BCUT2D eigenvalue weighted by Crippen LogP contribution is 2.37. The number of hydrogen-bond donors (Lipinski definition) is 2. The monoisotopic (exact) mass is 377 g/mol. The van der Waals surface area contributed by atoms with Gasteiger partial charge < -0.3 is 9.64 Å². The molecule has 0 aliphatic carbocycles. The summed E-state index contributed by atoms with van der Waals surface area (Å²) < 4.78 is 20.6. The molecular weight excluding hydrogens is 353 g/mol.